The van der Waals surface area contributed by atoms with Crippen LogP contribution in [0.2, 0.25) is 0 Å². The molecular weight excluding hydrogens is 272 g/mol. The summed E-state index contributed by atoms with van der Waals surface area (Å²) in [5, 5.41) is 10.4. The summed E-state index contributed by atoms with van der Waals surface area (Å²) in [7, 11) is 0. The highest BCUT2D eigenvalue weighted by Crippen LogP contribution is 2.63. The van der Waals surface area contributed by atoms with Crippen molar-refractivity contribution >= 4 is 5.78 Å². The molecule has 2 heteroatoms. The molecule has 0 aromatic heterocycles. The molecule has 0 aromatic rings. The second-order valence-electron chi connectivity index (χ2n) is 8.87. The van der Waals surface area contributed by atoms with Gasteiger partial charge >= 0.3 is 0 Å². The van der Waals surface area contributed by atoms with E-state index in [0.29, 0.717) is 17.8 Å². The first-order chi connectivity index (χ1) is 10.2. The van der Waals surface area contributed by atoms with Crippen LogP contribution in [-0.2, 0) is 4.79 Å². The minimum Gasteiger partial charge on any atom is -0.393 e. The molecule has 0 saturated heterocycles. The van der Waals surface area contributed by atoms with Crippen molar-refractivity contribution < 1.29 is 9.90 Å². The molecule has 122 valence electrons. The van der Waals surface area contributed by atoms with E-state index in [-0.39, 0.29) is 28.6 Å². The van der Waals surface area contributed by atoms with E-state index in [0.717, 1.165) is 24.8 Å². The summed E-state index contributed by atoms with van der Waals surface area (Å²) in [6.07, 6.45) is 7.36. The zero-order valence-electron chi connectivity index (χ0n) is 14.4. The highest BCUT2D eigenvalue weighted by Gasteiger charge is 2.59. The second kappa shape index (κ2) is 5.06. The van der Waals surface area contributed by atoms with Gasteiger partial charge in [0.05, 0.1) is 6.10 Å². The minimum absolute atomic E-state index is 0.0687. The fraction of sp³-hybridized carbons (Fsp3) is 0.750. The van der Waals surface area contributed by atoms with E-state index in [1.807, 2.05) is 12.2 Å². The SMILES string of the molecule is C=CC1=CC(=O)C2C(CCC3C(C)(C)CC(O)CC23C)C1C. The smallest absolute Gasteiger partial charge is 0.159 e. The summed E-state index contributed by atoms with van der Waals surface area (Å²) in [5.41, 5.74) is 1.14. The van der Waals surface area contributed by atoms with Gasteiger partial charge in [0, 0.05) is 5.92 Å². The number of carbonyl (C=O) groups is 1. The Morgan fingerprint density at radius 2 is 1.95 bits per heavy atom. The summed E-state index contributed by atoms with van der Waals surface area (Å²) >= 11 is 0. The van der Waals surface area contributed by atoms with Gasteiger partial charge in [-0.25, -0.2) is 0 Å². The number of hydrogen-bond donors (Lipinski definition) is 1. The van der Waals surface area contributed by atoms with Crippen molar-refractivity contribution in [2.45, 2.75) is 59.5 Å². The Morgan fingerprint density at radius 3 is 2.59 bits per heavy atom. The van der Waals surface area contributed by atoms with Crippen molar-refractivity contribution in [1.82, 2.24) is 0 Å². The van der Waals surface area contributed by atoms with E-state index < -0.39 is 0 Å². The van der Waals surface area contributed by atoms with Gasteiger partial charge in [-0.1, -0.05) is 40.3 Å². The van der Waals surface area contributed by atoms with Crippen LogP contribution in [0, 0.1) is 34.5 Å². The Hall–Kier alpha value is -0.890. The maximum absolute atomic E-state index is 12.9. The quantitative estimate of drug-likeness (QED) is 0.790. The lowest BCUT2D eigenvalue weighted by atomic mass is 9.43. The number of aliphatic hydroxyl groups is 1. The Bertz CT molecular complexity index is 530. The lowest BCUT2D eigenvalue weighted by Gasteiger charge is -2.61. The van der Waals surface area contributed by atoms with Crippen LogP contribution in [0.3, 0.4) is 0 Å². The number of aliphatic hydroxyl groups excluding tert-OH is 1. The molecule has 0 aromatic carbocycles. The number of carbonyl (C=O) groups excluding carboxylic acids is 1. The van der Waals surface area contributed by atoms with Crippen molar-refractivity contribution in [2.75, 3.05) is 0 Å². The van der Waals surface area contributed by atoms with E-state index in [1.165, 1.54) is 6.42 Å². The third kappa shape index (κ3) is 2.14. The lowest BCUT2D eigenvalue weighted by molar-refractivity contribution is -0.158. The largest absolute Gasteiger partial charge is 0.393 e. The van der Waals surface area contributed by atoms with Crippen molar-refractivity contribution in [3.63, 3.8) is 0 Å². The highest BCUT2D eigenvalue weighted by atomic mass is 16.3. The van der Waals surface area contributed by atoms with Crippen LogP contribution in [0.15, 0.2) is 24.3 Å². The van der Waals surface area contributed by atoms with Crippen LogP contribution >= 0.6 is 0 Å². The van der Waals surface area contributed by atoms with Gasteiger partial charge in [0.25, 0.3) is 0 Å². The first-order valence-electron chi connectivity index (χ1n) is 8.76. The molecule has 3 rings (SSSR count). The highest BCUT2D eigenvalue weighted by molar-refractivity contribution is 5.95. The van der Waals surface area contributed by atoms with Gasteiger partial charge in [-0.3, -0.25) is 4.79 Å². The average molecular weight is 302 g/mol. The molecule has 22 heavy (non-hydrogen) atoms. The Balaban J connectivity index is 2.05. The van der Waals surface area contributed by atoms with Crippen LogP contribution < -0.4 is 0 Å². The van der Waals surface area contributed by atoms with Crippen molar-refractivity contribution in [2.24, 2.45) is 34.5 Å². The first kappa shape index (κ1) is 16.0. The monoisotopic (exact) mass is 302 g/mol. The molecule has 2 saturated carbocycles. The van der Waals surface area contributed by atoms with Crippen LogP contribution in [0.5, 0.6) is 0 Å². The van der Waals surface area contributed by atoms with Gasteiger partial charge in [-0.15, -0.1) is 0 Å². The van der Waals surface area contributed by atoms with Crippen LogP contribution in [0.1, 0.15) is 53.4 Å². The van der Waals surface area contributed by atoms with Crippen LogP contribution in [0.25, 0.3) is 0 Å². The molecule has 3 aliphatic carbocycles. The van der Waals surface area contributed by atoms with E-state index in [9.17, 15) is 9.90 Å². The number of hydrogen-bond acceptors (Lipinski definition) is 2. The third-order valence-corrected chi connectivity index (χ3v) is 7.12. The molecule has 2 nitrogen and oxygen atoms in total. The maximum atomic E-state index is 12.9. The summed E-state index contributed by atoms with van der Waals surface area (Å²) in [4.78, 5) is 12.9. The molecule has 0 heterocycles. The predicted octanol–water partition coefficient (Wildman–Crippen LogP) is 4.15. The molecule has 0 bridgehead atoms. The summed E-state index contributed by atoms with van der Waals surface area (Å²) < 4.78 is 0. The van der Waals surface area contributed by atoms with E-state index in [4.69, 9.17) is 0 Å². The Kier molecular flexibility index (Phi) is 3.67. The van der Waals surface area contributed by atoms with E-state index in [2.05, 4.69) is 34.3 Å². The van der Waals surface area contributed by atoms with Crippen molar-refractivity contribution in [1.29, 1.82) is 0 Å². The molecule has 6 unspecified atom stereocenters. The van der Waals surface area contributed by atoms with Gasteiger partial charge < -0.3 is 5.11 Å². The van der Waals surface area contributed by atoms with Gasteiger partial charge in [-0.2, -0.15) is 0 Å². The Labute approximate surface area is 134 Å². The normalized spacial score (nSPS) is 47.2. The van der Waals surface area contributed by atoms with Crippen molar-refractivity contribution in [3.8, 4) is 0 Å². The molecule has 0 aliphatic heterocycles. The van der Waals surface area contributed by atoms with Gasteiger partial charge in [0.1, 0.15) is 0 Å². The maximum Gasteiger partial charge on any atom is 0.159 e. The molecular formula is C20H30O2. The second-order valence-corrected chi connectivity index (χ2v) is 8.87. The van der Waals surface area contributed by atoms with Gasteiger partial charge in [0.15, 0.2) is 5.78 Å². The van der Waals surface area contributed by atoms with Crippen molar-refractivity contribution in [3.05, 3.63) is 24.3 Å². The molecule has 6 atom stereocenters. The zero-order valence-corrected chi connectivity index (χ0v) is 14.4. The average Bonchev–Trinajstić information content (AvgIpc) is 2.39. The fourth-order valence-corrected chi connectivity index (χ4v) is 6.40. The number of fused-ring (bicyclic) bond motifs is 3. The van der Waals surface area contributed by atoms with Gasteiger partial charge in [-0.05, 0) is 65.9 Å². The lowest BCUT2D eigenvalue weighted by Crippen LogP contribution is -2.58. The van der Waals surface area contributed by atoms with E-state index in [1.54, 1.807) is 0 Å². The summed E-state index contributed by atoms with van der Waals surface area (Å²) in [6.45, 7) is 13.0. The third-order valence-electron chi connectivity index (χ3n) is 7.12. The summed E-state index contributed by atoms with van der Waals surface area (Å²) in [5.74, 6) is 1.68. The van der Waals surface area contributed by atoms with Crippen LogP contribution in [0.4, 0.5) is 0 Å². The molecule has 3 aliphatic rings. The number of rotatable bonds is 1. The predicted molar refractivity (Wildman–Crippen MR) is 89.3 cm³/mol. The van der Waals surface area contributed by atoms with E-state index >= 15 is 0 Å². The Morgan fingerprint density at radius 1 is 1.27 bits per heavy atom. The first-order valence-corrected chi connectivity index (χ1v) is 8.76. The standard InChI is InChI=1S/C20H30O2/c1-6-13-9-16(22)18-15(12(13)2)7-8-17-19(3,4)10-14(21)11-20(17,18)5/h6,9,12,14-15,17-18,21H,1,7-8,10-11H2,2-5H3. The van der Waals surface area contributed by atoms with Crippen LogP contribution in [-0.4, -0.2) is 17.0 Å². The zero-order chi connectivity index (χ0) is 16.3. The number of allylic oxidation sites excluding steroid dienone is 3. The topological polar surface area (TPSA) is 37.3 Å². The fourth-order valence-electron chi connectivity index (χ4n) is 6.40. The molecule has 2 fully saturated rings. The summed E-state index contributed by atoms with van der Waals surface area (Å²) in [6, 6.07) is 0. The van der Waals surface area contributed by atoms with Gasteiger partial charge in [0.2, 0.25) is 0 Å². The minimum atomic E-state index is -0.275. The molecule has 1 N–H and O–H groups in total. The molecule has 0 amide bonds. The number of ketones is 1. The molecule has 0 spiro atoms. The molecule has 0 radical (unpaired) electrons.